The third-order valence-corrected chi connectivity index (χ3v) is 4.39. The van der Waals surface area contributed by atoms with Crippen LogP contribution >= 0.6 is 0 Å². The van der Waals surface area contributed by atoms with E-state index in [1.165, 1.54) is 32.1 Å². The summed E-state index contributed by atoms with van der Waals surface area (Å²) in [6.07, 6.45) is 11.0. The third kappa shape index (κ3) is 8.42. The first kappa shape index (κ1) is 18.4. The zero-order valence-corrected chi connectivity index (χ0v) is 13.5. The van der Waals surface area contributed by atoms with Crippen molar-refractivity contribution in [3.8, 4) is 0 Å². The minimum Gasteiger partial charge on any atom is -0.393 e. The Kier molecular flexibility index (Phi) is 9.68. The summed E-state index contributed by atoms with van der Waals surface area (Å²) < 4.78 is 0. The Balaban J connectivity index is 1.99. The lowest BCUT2D eigenvalue weighted by atomic mass is 10.0. The molecule has 1 saturated carbocycles. The summed E-state index contributed by atoms with van der Waals surface area (Å²) in [6, 6.07) is -0.108. The van der Waals surface area contributed by atoms with Crippen molar-refractivity contribution in [2.45, 2.75) is 102 Å². The van der Waals surface area contributed by atoms with Crippen LogP contribution in [0.15, 0.2) is 0 Å². The van der Waals surface area contributed by atoms with Gasteiger partial charge in [-0.15, -0.1) is 0 Å². The largest absolute Gasteiger partial charge is 0.393 e. The van der Waals surface area contributed by atoms with E-state index in [9.17, 15) is 15.0 Å². The molecule has 0 aliphatic heterocycles. The number of aliphatic hydroxyl groups is 2. The maximum atomic E-state index is 11.8. The van der Waals surface area contributed by atoms with Crippen LogP contribution in [-0.4, -0.2) is 34.4 Å². The molecule has 0 radical (unpaired) electrons. The van der Waals surface area contributed by atoms with Gasteiger partial charge < -0.3 is 15.5 Å². The summed E-state index contributed by atoms with van der Waals surface area (Å²) >= 11 is 0. The van der Waals surface area contributed by atoms with E-state index < -0.39 is 12.2 Å². The molecule has 0 spiro atoms. The Morgan fingerprint density at radius 2 is 1.81 bits per heavy atom. The monoisotopic (exact) mass is 299 g/mol. The van der Waals surface area contributed by atoms with Crippen molar-refractivity contribution < 1.29 is 15.0 Å². The molecule has 0 aromatic rings. The second-order valence-corrected chi connectivity index (χ2v) is 6.44. The molecule has 4 heteroatoms. The molecule has 21 heavy (non-hydrogen) atoms. The van der Waals surface area contributed by atoms with Gasteiger partial charge >= 0.3 is 0 Å². The van der Waals surface area contributed by atoms with Crippen molar-refractivity contribution in [1.82, 2.24) is 5.32 Å². The second-order valence-electron chi connectivity index (χ2n) is 6.44. The Morgan fingerprint density at radius 3 is 2.43 bits per heavy atom. The molecule has 0 bridgehead atoms. The van der Waals surface area contributed by atoms with E-state index in [2.05, 4.69) is 12.2 Å². The molecular weight excluding hydrogens is 266 g/mol. The molecule has 0 heterocycles. The predicted octanol–water partition coefficient (Wildman–Crippen LogP) is 2.91. The van der Waals surface area contributed by atoms with Crippen molar-refractivity contribution in [3.63, 3.8) is 0 Å². The Hall–Kier alpha value is -0.610. The topological polar surface area (TPSA) is 69.6 Å². The van der Waals surface area contributed by atoms with Gasteiger partial charge in [0.15, 0.2) is 0 Å². The van der Waals surface area contributed by atoms with Gasteiger partial charge in [0.25, 0.3) is 0 Å². The average Bonchev–Trinajstić information content (AvgIpc) is 2.83. The van der Waals surface area contributed by atoms with E-state index in [0.29, 0.717) is 6.42 Å². The molecule has 0 saturated heterocycles. The molecule has 1 rings (SSSR count). The average molecular weight is 299 g/mol. The molecule has 1 amide bonds. The Labute approximate surface area is 129 Å². The lowest BCUT2D eigenvalue weighted by Crippen LogP contribution is -2.41. The van der Waals surface area contributed by atoms with Crippen LogP contribution in [0.3, 0.4) is 0 Å². The first-order valence-corrected chi connectivity index (χ1v) is 8.79. The quantitative estimate of drug-likeness (QED) is 0.514. The zero-order valence-electron chi connectivity index (χ0n) is 13.5. The van der Waals surface area contributed by atoms with Gasteiger partial charge in [-0.25, -0.2) is 0 Å². The van der Waals surface area contributed by atoms with Crippen molar-refractivity contribution in [2.75, 3.05) is 0 Å². The summed E-state index contributed by atoms with van der Waals surface area (Å²) in [5.74, 6) is -0.128. The Bertz CT molecular complexity index is 283. The van der Waals surface area contributed by atoms with Crippen molar-refractivity contribution >= 4 is 5.91 Å². The summed E-state index contributed by atoms with van der Waals surface area (Å²) in [7, 11) is 0. The maximum Gasteiger partial charge on any atom is 0.222 e. The SMILES string of the molecule is CCCCCCCCCC(O)CC(=O)NC1CCCC1O. The smallest absolute Gasteiger partial charge is 0.222 e. The minimum atomic E-state index is -0.542. The molecule has 1 aliphatic carbocycles. The third-order valence-electron chi connectivity index (χ3n) is 4.39. The fraction of sp³-hybridized carbons (Fsp3) is 0.941. The van der Waals surface area contributed by atoms with E-state index in [-0.39, 0.29) is 18.4 Å². The van der Waals surface area contributed by atoms with E-state index >= 15 is 0 Å². The molecule has 3 N–H and O–H groups in total. The number of unbranched alkanes of at least 4 members (excludes halogenated alkanes) is 6. The van der Waals surface area contributed by atoms with Crippen LogP contribution in [-0.2, 0) is 4.79 Å². The van der Waals surface area contributed by atoms with Crippen molar-refractivity contribution in [2.24, 2.45) is 0 Å². The molecule has 0 aromatic carbocycles. The van der Waals surface area contributed by atoms with Crippen molar-refractivity contribution in [1.29, 1.82) is 0 Å². The van der Waals surface area contributed by atoms with Crippen LogP contribution < -0.4 is 5.32 Å². The van der Waals surface area contributed by atoms with Crippen molar-refractivity contribution in [3.05, 3.63) is 0 Å². The van der Waals surface area contributed by atoms with Crippen LogP contribution in [0.4, 0.5) is 0 Å². The van der Waals surface area contributed by atoms with Gasteiger partial charge in [-0.2, -0.15) is 0 Å². The first-order chi connectivity index (χ1) is 10.1. The van der Waals surface area contributed by atoms with Gasteiger partial charge in [0, 0.05) is 0 Å². The Morgan fingerprint density at radius 1 is 1.14 bits per heavy atom. The lowest BCUT2D eigenvalue weighted by molar-refractivity contribution is -0.124. The summed E-state index contributed by atoms with van der Waals surface area (Å²) in [4.78, 5) is 11.8. The highest BCUT2D eigenvalue weighted by molar-refractivity contribution is 5.76. The predicted molar refractivity (Wildman–Crippen MR) is 85.0 cm³/mol. The molecule has 3 atom stereocenters. The van der Waals surface area contributed by atoms with Gasteiger partial charge in [-0.05, 0) is 25.7 Å². The number of carbonyl (C=O) groups is 1. The molecule has 1 fully saturated rings. The molecule has 3 unspecified atom stereocenters. The first-order valence-electron chi connectivity index (χ1n) is 8.79. The number of carbonyl (C=O) groups excluding carboxylic acids is 1. The fourth-order valence-corrected chi connectivity index (χ4v) is 3.03. The van der Waals surface area contributed by atoms with Crippen LogP contribution in [0.2, 0.25) is 0 Å². The number of hydrogen-bond donors (Lipinski definition) is 3. The van der Waals surface area contributed by atoms with E-state index in [1.54, 1.807) is 0 Å². The van der Waals surface area contributed by atoms with Gasteiger partial charge in [-0.3, -0.25) is 4.79 Å². The number of nitrogens with one attached hydrogen (secondary N) is 1. The van der Waals surface area contributed by atoms with Crippen LogP contribution in [0.1, 0.15) is 84.0 Å². The fourth-order valence-electron chi connectivity index (χ4n) is 3.03. The number of aliphatic hydroxyl groups excluding tert-OH is 2. The highest BCUT2D eigenvalue weighted by atomic mass is 16.3. The van der Waals surface area contributed by atoms with Gasteiger partial charge in [0.1, 0.15) is 0 Å². The molecule has 1 aliphatic rings. The highest BCUT2D eigenvalue weighted by Gasteiger charge is 2.26. The summed E-state index contributed by atoms with van der Waals surface area (Å²) in [5.41, 5.74) is 0. The van der Waals surface area contributed by atoms with Gasteiger partial charge in [-0.1, -0.05) is 51.9 Å². The summed E-state index contributed by atoms with van der Waals surface area (Å²) in [6.45, 7) is 2.21. The van der Waals surface area contributed by atoms with Crippen LogP contribution in [0.5, 0.6) is 0 Å². The normalized spacial score (nSPS) is 23.2. The highest BCUT2D eigenvalue weighted by Crippen LogP contribution is 2.19. The molecule has 4 nitrogen and oxygen atoms in total. The molecular formula is C17H33NO3. The minimum absolute atomic E-state index is 0.108. The standard InChI is InChI=1S/C17H33NO3/c1-2-3-4-5-6-7-8-10-14(19)13-17(21)18-15-11-9-12-16(15)20/h14-16,19-20H,2-13H2,1H3,(H,18,21). The van der Waals surface area contributed by atoms with Crippen LogP contribution in [0.25, 0.3) is 0 Å². The van der Waals surface area contributed by atoms with E-state index in [4.69, 9.17) is 0 Å². The van der Waals surface area contributed by atoms with E-state index in [0.717, 1.165) is 32.1 Å². The second kappa shape index (κ2) is 11.0. The molecule has 0 aromatic heterocycles. The lowest BCUT2D eigenvalue weighted by Gasteiger charge is -2.17. The van der Waals surface area contributed by atoms with Gasteiger partial charge in [0.05, 0.1) is 24.7 Å². The van der Waals surface area contributed by atoms with Crippen LogP contribution in [0, 0.1) is 0 Å². The maximum absolute atomic E-state index is 11.8. The number of amides is 1. The van der Waals surface area contributed by atoms with E-state index in [1.807, 2.05) is 0 Å². The van der Waals surface area contributed by atoms with Gasteiger partial charge in [0.2, 0.25) is 5.91 Å². The zero-order chi connectivity index (χ0) is 15.5. The number of hydrogen-bond acceptors (Lipinski definition) is 3. The summed E-state index contributed by atoms with van der Waals surface area (Å²) in [5, 5.41) is 22.4. The molecule has 124 valence electrons. The number of rotatable bonds is 11.